The van der Waals surface area contributed by atoms with Crippen molar-refractivity contribution in [1.29, 1.82) is 10.5 Å². The molecule has 0 spiro atoms. The van der Waals surface area contributed by atoms with E-state index in [0.717, 1.165) is 19.0 Å². The normalized spacial score (nSPS) is 14.4. The molecule has 4 N–H and O–H groups in total. The molecule has 4 aromatic heterocycles. The zero-order valence-electron chi connectivity index (χ0n) is 36.6. The summed E-state index contributed by atoms with van der Waals surface area (Å²) in [7, 11) is 0. The Bertz CT molecular complexity index is 2310. The summed E-state index contributed by atoms with van der Waals surface area (Å²) in [5.41, 5.74) is 5.54. The molecule has 22 heteroatoms. The van der Waals surface area contributed by atoms with E-state index in [1.165, 1.54) is 37.1 Å². The summed E-state index contributed by atoms with van der Waals surface area (Å²) in [5, 5.41) is 34.9. The minimum atomic E-state index is -0.557. The number of nitrogens with one attached hydrogen (secondary N) is 2. The third-order valence-corrected chi connectivity index (χ3v) is 9.46. The second-order valence-corrected chi connectivity index (χ2v) is 16.9. The number of pyridine rings is 2. The standard InChI is InChI=1S/C21H25N7O5.C21H27N7O3/c1-21(2,3)33-20(29)27-6-4-14(5-7-27)13-32-17-8-18(25-11-16(17)28(30)31)26-19-12-23-15(9-22)10-24-19;1-21(2,3)31-20(29)28-6-4-14(5-7-28)13-30-17-8-18(26-11-16(17)23)27-19-12-24-15(9-22)10-25-19/h8,10-12,14H,4-7,13H2,1-3H3,(H,24,25,26);8,10-12,14H,4-7,13,23H2,1-3H3,(H,25,26,27). The predicted octanol–water partition coefficient (Wildman–Crippen LogP) is 6.52. The van der Waals surface area contributed by atoms with Gasteiger partial charge in [-0.25, -0.2) is 39.5 Å². The number of piperidine rings is 2. The van der Waals surface area contributed by atoms with E-state index in [4.69, 9.17) is 35.2 Å². The Labute approximate surface area is 370 Å². The molecule has 338 valence electrons. The number of anilines is 5. The molecule has 2 amide bonds. The molecule has 22 nitrogen and oxygen atoms in total. The van der Waals surface area contributed by atoms with Crippen molar-refractivity contribution in [3.8, 4) is 23.6 Å². The summed E-state index contributed by atoms with van der Waals surface area (Å²) in [6.45, 7) is 14.2. The van der Waals surface area contributed by atoms with Crippen LogP contribution in [0.2, 0.25) is 0 Å². The Hall–Kier alpha value is -7.62. The number of aromatic nitrogens is 6. The molecule has 0 aliphatic carbocycles. The maximum atomic E-state index is 12.2. The fourth-order valence-electron chi connectivity index (χ4n) is 6.19. The quantitative estimate of drug-likeness (QED) is 0.107. The van der Waals surface area contributed by atoms with Gasteiger partial charge in [0.05, 0.1) is 54.8 Å². The van der Waals surface area contributed by atoms with E-state index in [9.17, 15) is 19.7 Å². The average Bonchev–Trinajstić information content (AvgIpc) is 3.25. The first-order chi connectivity index (χ1) is 30.4. The molecule has 0 radical (unpaired) electrons. The average molecular weight is 881 g/mol. The van der Waals surface area contributed by atoms with Crippen molar-refractivity contribution in [1.82, 2.24) is 39.7 Å². The molecule has 0 saturated carbocycles. The first-order valence-electron chi connectivity index (χ1n) is 20.5. The van der Waals surface area contributed by atoms with Gasteiger partial charge in [0.25, 0.3) is 0 Å². The van der Waals surface area contributed by atoms with E-state index >= 15 is 0 Å². The molecule has 2 aliphatic heterocycles. The number of nitrogens with zero attached hydrogens (tertiary/aromatic N) is 11. The van der Waals surface area contributed by atoms with Crippen LogP contribution in [-0.2, 0) is 9.47 Å². The Morgan fingerprint density at radius 2 is 1.09 bits per heavy atom. The predicted molar refractivity (Wildman–Crippen MR) is 232 cm³/mol. The Morgan fingerprint density at radius 1 is 0.688 bits per heavy atom. The fraction of sp³-hybridized carbons (Fsp3) is 0.476. The Balaban J connectivity index is 0.000000241. The first kappa shape index (κ1) is 47.4. The van der Waals surface area contributed by atoms with E-state index in [2.05, 4.69) is 40.5 Å². The van der Waals surface area contributed by atoms with Gasteiger partial charge in [0.15, 0.2) is 11.4 Å². The lowest BCUT2D eigenvalue weighted by Crippen LogP contribution is -2.42. The van der Waals surface area contributed by atoms with Crippen LogP contribution < -0.4 is 25.8 Å². The van der Waals surface area contributed by atoms with Gasteiger partial charge in [-0.15, -0.1) is 0 Å². The highest BCUT2D eigenvalue weighted by molar-refractivity contribution is 5.68. The van der Waals surface area contributed by atoms with Gasteiger partial charge in [0.1, 0.15) is 58.6 Å². The van der Waals surface area contributed by atoms with Crippen molar-refractivity contribution in [3.05, 3.63) is 70.8 Å². The van der Waals surface area contributed by atoms with Crippen LogP contribution in [0.15, 0.2) is 49.3 Å². The number of nitrogens with two attached hydrogens (primary N) is 1. The zero-order valence-corrected chi connectivity index (χ0v) is 36.6. The molecular formula is C42H52N14O8. The van der Waals surface area contributed by atoms with Gasteiger partial charge >= 0.3 is 17.9 Å². The van der Waals surface area contributed by atoms with Crippen LogP contribution in [0.5, 0.6) is 11.5 Å². The number of hydrogen-bond donors (Lipinski definition) is 3. The molecule has 0 atom stereocenters. The number of nitro groups is 1. The highest BCUT2D eigenvalue weighted by Crippen LogP contribution is 2.31. The van der Waals surface area contributed by atoms with Crippen molar-refractivity contribution in [3.63, 3.8) is 0 Å². The van der Waals surface area contributed by atoms with E-state index in [-0.39, 0.29) is 53.4 Å². The van der Waals surface area contributed by atoms with E-state index in [1.807, 2.05) is 53.7 Å². The third-order valence-electron chi connectivity index (χ3n) is 9.46. The van der Waals surface area contributed by atoms with Crippen molar-refractivity contribution >= 4 is 46.8 Å². The minimum Gasteiger partial charge on any atom is -0.491 e. The number of carbonyl (C=O) groups is 2. The smallest absolute Gasteiger partial charge is 0.410 e. The fourth-order valence-corrected chi connectivity index (χ4v) is 6.19. The monoisotopic (exact) mass is 880 g/mol. The second-order valence-electron chi connectivity index (χ2n) is 16.9. The summed E-state index contributed by atoms with van der Waals surface area (Å²) in [5.74, 6) is 2.62. The lowest BCUT2D eigenvalue weighted by atomic mass is 9.98. The Kier molecular flexibility index (Phi) is 15.9. The van der Waals surface area contributed by atoms with Gasteiger partial charge in [-0.1, -0.05) is 0 Å². The van der Waals surface area contributed by atoms with Crippen LogP contribution in [0.1, 0.15) is 78.6 Å². The first-order valence-corrected chi connectivity index (χ1v) is 20.5. The van der Waals surface area contributed by atoms with Gasteiger partial charge in [0.2, 0.25) is 5.75 Å². The van der Waals surface area contributed by atoms with Crippen LogP contribution in [0.4, 0.5) is 44.2 Å². The maximum Gasteiger partial charge on any atom is 0.410 e. The maximum absolute atomic E-state index is 12.2. The van der Waals surface area contributed by atoms with Gasteiger partial charge < -0.3 is 45.1 Å². The molecule has 0 aromatic carbocycles. The number of amides is 2. The van der Waals surface area contributed by atoms with E-state index in [1.54, 1.807) is 15.9 Å². The van der Waals surface area contributed by atoms with Gasteiger partial charge in [-0.2, -0.15) is 10.5 Å². The van der Waals surface area contributed by atoms with Crippen molar-refractivity contribution in [2.24, 2.45) is 11.8 Å². The van der Waals surface area contributed by atoms with Gasteiger partial charge in [-0.05, 0) is 79.1 Å². The summed E-state index contributed by atoms with van der Waals surface area (Å²) in [6.07, 6.45) is 10.6. The highest BCUT2D eigenvalue weighted by atomic mass is 16.6. The van der Waals surface area contributed by atoms with Crippen molar-refractivity contribution in [2.75, 3.05) is 55.8 Å². The molecule has 2 aliphatic rings. The molecule has 64 heavy (non-hydrogen) atoms. The summed E-state index contributed by atoms with van der Waals surface area (Å²) in [6, 6.07) is 6.92. The number of hydrogen-bond acceptors (Lipinski definition) is 19. The van der Waals surface area contributed by atoms with Crippen molar-refractivity contribution < 1.29 is 33.5 Å². The van der Waals surface area contributed by atoms with Crippen LogP contribution >= 0.6 is 0 Å². The number of rotatable bonds is 11. The van der Waals surface area contributed by atoms with Gasteiger partial charge in [0, 0.05) is 38.3 Å². The number of carbonyl (C=O) groups excluding carboxylic acids is 2. The summed E-state index contributed by atoms with van der Waals surface area (Å²) in [4.78, 5) is 62.9. The summed E-state index contributed by atoms with van der Waals surface area (Å²) >= 11 is 0. The van der Waals surface area contributed by atoms with Crippen LogP contribution in [0.25, 0.3) is 0 Å². The molecule has 2 saturated heterocycles. The van der Waals surface area contributed by atoms with Gasteiger partial charge in [-0.3, -0.25) is 10.1 Å². The molecule has 0 bridgehead atoms. The SMILES string of the molecule is CC(C)(C)OC(=O)N1CCC(COc2cc(Nc3cnc(C#N)cn3)ncc2N)CC1.CC(C)(C)OC(=O)N1CCC(COc2cc(Nc3cnc(C#N)cn3)ncc2[N+](=O)[O-])CC1. The van der Waals surface area contributed by atoms with E-state index < -0.39 is 16.1 Å². The zero-order chi connectivity index (χ0) is 46.4. The van der Waals surface area contributed by atoms with Crippen LogP contribution in [0.3, 0.4) is 0 Å². The lowest BCUT2D eigenvalue weighted by Gasteiger charge is -2.33. The molecule has 0 unspecified atom stereocenters. The Morgan fingerprint density at radius 3 is 1.48 bits per heavy atom. The third kappa shape index (κ3) is 14.8. The number of likely N-dealkylation sites (tertiary alicyclic amines) is 2. The van der Waals surface area contributed by atoms with Crippen LogP contribution in [-0.4, -0.2) is 107 Å². The van der Waals surface area contributed by atoms with Crippen LogP contribution in [0, 0.1) is 44.6 Å². The second kappa shape index (κ2) is 21.4. The molecule has 6 rings (SSSR count). The minimum absolute atomic E-state index is 0.0775. The number of nitrogen functional groups attached to an aromatic ring is 1. The number of ether oxygens (including phenoxy) is 4. The summed E-state index contributed by atoms with van der Waals surface area (Å²) < 4.78 is 22.6. The molecule has 2 fully saturated rings. The largest absolute Gasteiger partial charge is 0.491 e. The topological polar surface area (TPSA) is 296 Å². The lowest BCUT2D eigenvalue weighted by molar-refractivity contribution is -0.386. The number of nitriles is 2. The van der Waals surface area contributed by atoms with E-state index in [0.29, 0.717) is 80.4 Å². The molecule has 6 heterocycles. The molecule has 4 aromatic rings. The molecular weight excluding hydrogens is 829 g/mol. The van der Waals surface area contributed by atoms with Crippen molar-refractivity contribution in [2.45, 2.75) is 78.4 Å². The highest BCUT2D eigenvalue weighted by Gasteiger charge is 2.29.